The Labute approximate surface area is 196 Å². The van der Waals surface area contributed by atoms with E-state index in [1.807, 2.05) is 36.4 Å². The molecule has 174 valence electrons. The smallest absolute Gasteiger partial charge is 0.251 e. The summed E-state index contributed by atoms with van der Waals surface area (Å²) >= 11 is 0. The van der Waals surface area contributed by atoms with Gasteiger partial charge >= 0.3 is 0 Å². The molecule has 1 unspecified atom stereocenters. The lowest BCUT2D eigenvalue weighted by atomic mass is 9.89. The monoisotopic (exact) mass is 458 g/mol. The quantitative estimate of drug-likeness (QED) is 0.219. The first-order valence-corrected chi connectivity index (χ1v) is 11.0. The van der Waals surface area contributed by atoms with Gasteiger partial charge in [0, 0.05) is 62.8 Å². The number of pyridine rings is 1. The number of aromatic nitrogens is 1. The van der Waals surface area contributed by atoms with Crippen LogP contribution in [0.2, 0.25) is 0 Å². The van der Waals surface area contributed by atoms with Gasteiger partial charge in [0.2, 0.25) is 11.5 Å². The molecule has 3 aromatic rings. The third kappa shape index (κ3) is 4.61. The van der Waals surface area contributed by atoms with Crippen LogP contribution in [-0.2, 0) is 11.8 Å². The molecule has 8 heteroatoms. The number of carbonyl (C=O) groups excluding carboxylic acids is 2. The van der Waals surface area contributed by atoms with Crippen molar-refractivity contribution in [2.75, 3.05) is 13.1 Å². The molecule has 0 aliphatic heterocycles. The maximum absolute atomic E-state index is 12.6. The van der Waals surface area contributed by atoms with E-state index in [4.69, 9.17) is 0 Å². The van der Waals surface area contributed by atoms with Crippen molar-refractivity contribution in [2.24, 2.45) is 12.2 Å². The molecule has 0 bridgehead atoms. The number of hydrogen-bond acceptors (Lipinski definition) is 5. The molecule has 1 aromatic heterocycles. The molecule has 0 fully saturated rings. The zero-order valence-corrected chi connectivity index (χ0v) is 19.0. The second kappa shape index (κ2) is 9.74. The van der Waals surface area contributed by atoms with Gasteiger partial charge < -0.3 is 20.4 Å². The number of rotatable bonds is 7. The van der Waals surface area contributed by atoms with Gasteiger partial charge in [-0.1, -0.05) is 35.5 Å². The van der Waals surface area contributed by atoms with Crippen LogP contribution in [0.25, 0.3) is 11.1 Å². The van der Waals surface area contributed by atoms with Crippen molar-refractivity contribution in [1.29, 1.82) is 0 Å². The number of oxime groups is 1. The van der Waals surface area contributed by atoms with E-state index in [1.54, 1.807) is 25.4 Å². The molecule has 1 aliphatic carbocycles. The highest BCUT2D eigenvalue weighted by atomic mass is 16.4. The molecular weight excluding hydrogens is 432 g/mol. The van der Waals surface area contributed by atoms with Crippen molar-refractivity contribution in [3.63, 3.8) is 0 Å². The summed E-state index contributed by atoms with van der Waals surface area (Å²) in [5.41, 5.74) is 5.68. The Balaban J connectivity index is 1.62. The second-order valence-corrected chi connectivity index (χ2v) is 8.30. The Bertz CT molecular complexity index is 1340. The summed E-state index contributed by atoms with van der Waals surface area (Å²) in [5.74, 6) is -0.416. The summed E-state index contributed by atoms with van der Waals surface area (Å²) in [5, 5.41) is 18.8. The van der Waals surface area contributed by atoms with E-state index in [0.29, 0.717) is 36.3 Å². The van der Waals surface area contributed by atoms with Crippen LogP contribution in [0.4, 0.5) is 0 Å². The molecule has 0 radical (unpaired) electrons. The fourth-order valence-electron chi connectivity index (χ4n) is 4.36. The number of nitrogens with one attached hydrogen (secondary N) is 2. The first-order valence-electron chi connectivity index (χ1n) is 11.0. The van der Waals surface area contributed by atoms with E-state index in [2.05, 4.69) is 15.8 Å². The molecule has 1 aliphatic rings. The fourth-order valence-corrected chi connectivity index (χ4v) is 4.36. The molecule has 4 rings (SSSR count). The van der Waals surface area contributed by atoms with E-state index in [9.17, 15) is 19.6 Å². The highest BCUT2D eigenvalue weighted by Crippen LogP contribution is 2.47. The molecule has 2 aromatic carbocycles. The zero-order chi connectivity index (χ0) is 24.2. The van der Waals surface area contributed by atoms with Gasteiger partial charge in [-0.15, -0.1) is 0 Å². The second-order valence-electron chi connectivity index (χ2n) is 8.30. The van der Waals surface area contributed by atoms with Crippen molar-refractivity contribution in [3.8, 4) is 11.1 Å². The Morgan fingerprint density at radius 1 is 0.971 bits per heavy atom. The van der Waals surface area contributed by atoms with Crippen LogP contribution in [0.3, 0.4) is 0 Å². The van der Waals surface area contributed by atoms with Crippen LogP contribution in [0, 0.1) is 0 Å². The number of nitrogens with zero attached hydrogens (tertiary/aromatic N) is 2. The largest absolute Gasteiger partial charge is 0.411 e. The van der Waals surface area contributed by atoms with E-state index in [0.717, 1.165) is 22.3 Å². The maximum atomic E-state index is 12.6. The molecule has 1 heterocycles. The normalized spacial score (nSPS) is 14.3. The minimum atomic E-state index is -0.211. The fraction of sp³-hybridized carbons (Fsp3) is 0.231. The van der Waals surface area contributed by atoms with Crippen LogP contribution in [-0.4, -0.2) is 40.4 Å². The van der Waals surface area contributed by atoms with Gasteiger partial charge in [-0.05, 0) is 40.5 Å². The lowest BCUT2D eigenvalue weighted by Crippen LogP contribution is -2.33. The van der Waals surface area contributed by atoms with Crippen molar-refractivity contribution < 1.29 is 14.8 Å². The summed E-state index contributed by atoms with van der Waals surface area (Å²) in [6.07, 6.45) is 2.09. The topological polar surface area (TPSA) is 113 Å². The van der Waals surface area contributed by atoms with Gasteiger partial charge in [-0.25, -0.2) is 0 Å². The molecule has 1 atom stereocenters. The van der Waals surface area contributed by atoms with E-state index >= 15 is 0 Å². The van der Waals surface area contributed by atoms with Crippen molar-refractivity contribution in [2.45, 2.75) is 19.3 Å². The first kappa shape index (κ1) is 23.0. The number of benzene rings is 2. The van der Waals surface area contributed by atoms with Crippen molar-refractivity contribution >= 4 is 17.5 Å². The highest BCUT2D eigenvalue weighted by Gasteiger charge is 2.30. The Morgan fingerprint density at radius 2 is 1.68 bits per heavy atom. The maximum Gasteiger partial charge on any atom is 0.251 e. The molecule has 0 spiro atoms. The molecule has 3 N–H and O–H groups in total. The zero-order valence-electron chi connectivity index (χ0n) is 19.0. The van der Waals surface area contributed by atoms with Crippen molar-refractivity contribution in [1.82, 2.24) is 15.2 Å². The standard InChI is InChI=1S/C26H26N4O4/c1-16(31)27-11-12-28-26(33)17-7-9-21-22(13-17)19-5-3-4-6-20(19)23(21)14-24(29-34)18-8-10-25(32)30(2)15-18/h3-10,13,15,23,34H,11-12,14H2,1-2H3,(H,27,31)(H,28,33)/b29-24+. The molecule has 2 amide bonds. The Kier molecular flexibility index (Phi) is 6.58. The Hall–Kier alpha value is -4.20. The molecular formula is C26H26N4O4. The van der Waals surface area contributed by atoms with Gasteiger partial charge in [0.05, 0.1) is 5.71 Å². The number of carbonyl (C=O) groups is 2. The average molecular weight is 459 g/mol. The van der Waals surface area contributed by atoms with Gasteiger partial charge in [-0.2, -0.15) is 0 Å². The molecule has 34 heavy (non-hydrogen) atoms. The van der Waals surface area contributed by atoms with E-state index in [-0.39, 0.29) is 23.3 Å². The van der Waals surface area contributed by atoms with Gasteiger partial charge in [0.25, 0.3) is 5.91 Å². The van der Waals surface area contributed by atoms with E-state index in [1.165, 1.54) is 17.6 Å². The molecule has 8 nitrogen and oxygen atoms in total. The summed E-state index contributed by atoms with van der Waals surface area (Å²) in [7, 11) is 1.66. The Morgan fingerprint density at radius 3 is 2.41 bits per heavy atom. The summed E-state index contributed by atoms with van der Waals surface area (Å²) in [6, 6.07) is 16.7. The summed E-state index contributed by atoms with van der Waals surface area (Å²) in [4.78, 5) is 35.4. The highest BCUT2D eigenvalue weighted by molar-refractivity contribution is 6.02. The van der Waals surface area contributed by atoms with E-state index < -0.39 is 0 Å². The number of aryl methyl sites for hydroxylation is 1. The SMILES string of the molecule is CC(=O)NCCNC(=O)c1ccc2c(c1)-c1ccccc1C2C/C(=N\O)c1ccc(=O)n(C)c1. The van der Waals surface area contributed by atoms with Crippen molar-refractivity contribution in [3.05, 3.63) is 93.4 Å². The first-order chi connectivity index (χ1) is 16.4. The van der Waals surface area contributed by atoms with Crippen LogP contribution in [0.1, 0.15) is 46.3 Å². The van der Waals surface area contributed by atoms with Crippen LogP contribution >= 0.6 is 0 Å². The predicted molar refractivity (Wildman–Crippen MR) is 129 cm³/mol. The van der Waals surface area contributed by atoms with Crippen LogP contribution in [0.5, 0.6) is 0 Å². The van der Waals surface area contributed by atoms with Gasteiger partial charge in [0.1, 0.15) is 0 Å². The minimum absolute atomic E-state index is 0.0637. The number of amides is 2. The predicted octanol–water partition coefficient (Wildman–Crippen LogP) is 2.63. The third-order valence-electron chi connectivity index (χ3n) is 6.04. The molecule has 0 saturated heterocycles. The summed E-state index contributed by atoms with van der Waals surface area (Å²) < 4.78 is 1.45. The van der Waals surface area contributed by atoms with Gasteiger partial charge in [-0.3, -0.25) is 14.4 Å². The number of fused-ring (bicyclic) bond motifs is 3. The molecule has 0 saturated carbocycles. The lowest BCUT2D eigenvalue weighted by Gasteiger charge is -2.15. The van der Waals surface area contributed by atoms with Gasteiger partial charge in [0.15, 0.2) is 0 Å². The van der Waals surface area contributed by atoms with Crippen LogP contribution < -0.4 is 16.2 Å². The summed E-state index contributed by atoms with van der Waals surface area (Å²) in [6.45, 7) is 2.14. The average Bonchev–Trinajstić information content (AvgIpc) is 3.14. The minimum Gasteiger partial charge on any atom is -0.411 e. The lowest BCUT2D eigenvalue weighted by molar-refractivity contribution is -0.118. The third-order valence-corrected chi connectivity index (χ3v) is 6.04. The number of hydrogen-bond donors (Lipinski definition) is 3. The van der Waals surface area contributed by atoms with Crippen LogP contribution in [0.15, 0.2) is 70.7 Å².